The molecule has 0 radical (unpaired) electrons. The minimum absolute atomic E-state index is 0.102. The van der Waals surface area contributed by atoms with E-state index in [0.717, 1.165) is 6.54 Å². The first-order valence-corrected chi connectivity index (χ1v) is 8.35. The quantitative estimate of drug-likeness (QED) is 0.815. The summed E-state index contributed by atoms with van der Waals surface area (Å²) in [5.41, 5.74) is 2.97. The Hall–Kier alpha value is -1.57. The molecule has 2 atom stereocenters. The Labute approximate surface area is 134 Å². The van der Waals surface area contributed by atoms with Crippen LogP contribution in [-0.2, 0) is 10.2 Å². The van der Waals surface area contributed by atoms with E-state index >= 15 is 0 Å². The van der Waals surface area contributed by atoms with E-state index in [2.05, 4.69) is 69.4 Å². The summed E-state index contributed by atoms with van der Waals surface area (Å²) in [6, 6.07) is 10.6. The zero-order valence-electron chi connectivity index (χ0n) is 14.1. The molecule has 2 nitrogen and oxygen atoms in total. The first kappa shape index (κ1) is 15.3. The monoisotopic (exact) mass is 297 g/mol. The third-order valence-corrected chi connectivity index (χ3v) is 5.55. The fourth-order valence-electron chi connectivity index (χ4n) is 3.73. The average Bonchev–Trinajstić information content (AvgIpc) is 3.35. The summed E-state index contributed by atoms with van der Waals surface area (Å²) < 4.78 is 0. The van der Waals surface area contributed by atoms with Gasteiger partial charge in [0.1, 0.15) is 0 Å². The number of benzene rings is 1. The average molecular weight is 297 g/mol. The van der Waals surface area contributed by atoms with Crippen LogP contribution in [0.5, 0.6) is 0 Å². The van der Waals surface area contributed by atoms with Crippen LogP contribution in [0.25, 0.3) is 0 Å². The summed E-state index contributed by atoms with van der Waals surface area (Å²) in [5.74, 6) is 0.757. The van der Waals surface area contributed by atoms with Crippen molar-refractivity contribution in [3.8, 4) is 0 Å². The highest BCUT2D eigenvalue weighted by atomic mass is 16.2. The molecule has 2 aliphatic carbocycles. The molecule has 2 heteroatoms. The number of carbonyl (C=O) groups excluding carboxylic acids is 1. The molecule has 0 unspecified atom stereocenters. The van der Waals surface area contributed by atoms with E-state index < -0.39 is 0 Å². The molecule has 3 rings (SSSR count). The predicted octanol–water partition coefficient (Wildman–Crippen LogP) is 4.07. The molecule has 1 aromatic rings. The van der Waals surface area contributed by atoms with E-state index in [1.807, 2.05) is 0 Å². The molecule has 1 aromatic carbocycles. The van der Waals surface area contributed by atoms with Gasteiger partial charge in [-0.05, 0) is 43.6 Å². The molecule has 0 bridgehead atoms. The van der Waals surface area contributed by atoms with Crippen LogP contribution in [0.4, 0.5) is 0 Å². The second kappa shape index (κ2) is 5.26. The van der Waals surface area contributed by atoms with Crippen LogP contribution in [0.2, 0.25) is 0 Å². The van der Waals surface area contributed by atoms with Gasteiger partial charge in [0.15, 0.2) is 0 Å². The highest BCUT2D eigenvalue weighted by Crippen LogP contribution is 2.59. The van der Waals surface area contributed by atoms with Gasteiger partial charge in [-0.15, -0.1) is 0 Å². The summed E-state index contributed by atoms with van der Waals surface area (Å²) in [6.45, 7) is 9.40. The van der Waals surface area contributed by atoms with E-state index in [1.165, 1.54) is 24.0 Å². The third-order valence-electron chi connectivity index (χ3n) is 5.55. The van der Waals surface area contributed by atoms with E-state index in [4.69, 9.17) is 0 Å². The van der Waals surface area contributed by atoms with Gasteiger partial charge in [0, 0.05) is 12.0 Å². The van der Waals surface area contributed by atoms with Gasteiger partial charge in [0.05, 0.1) is 5.92 Å². The lowest BCUT2D eigenvalue weighted by Gasteiger charge is -2.17. The summed E-state index contributed by atoms with van der Waals surface area (Å²) in [6.07, 6.45) is 4.62. The van der Waals surface area contributed by atoms with Crippen LogP contribution >= 0.6 is 0 Å². The number of hydrogen-bond donors (Lipinski definition) is 1. The van der Waals surface area contributed by atoms with E-state index in [9.17, 15) is 4.79 Å². The van der Waals surface area contributed by atoms with Crippen molar-refractivity contribution < 1.29 is 4.79 Å². The fraction of sp³-hybridized carbons (Fsp3) is 0.550. The van der Waals surface area contributed by atoms with Crippen molar-refractivity contribution in [1.82, 2.24) is 5.32 Å². The molecule has 22 heavy (non-hydrogen) atoms. The minimum Gasteiger partial charge on any atom is -0.355 e. The fourth-order valence-corrected chi connectivity index (χ4v) is 3.73. The SMILES string of the molecule is CC(C)=C[C@H]1[C@H](C(=O)NCC2(c3ccccc3)CC2)C1(C)C. The molecule has 2 fully saturated rings. The molecular weight excluding hydrogens is 270 g/mol. The molecule has 2 saturated carbocycles. The maximum Gasteiger partial charge on any atom is 0.224 e. The molecule has 118 valence electrons. The number of allylic oxidation sites excluding steroid dienone is 2. The standard InChI is InChI=1S/C20H27NO/c1-14(2)12-16-17(19(16,3)4)18(22)21-13-20(10-11-20)15-8-6-5-7-9-15/h5-9,12,16-17H,10-11,13H2,1-4H3,(H,21,22)/t16-,17+/m0/s1. The Morgan fingerprint density at radius 3 is 2.41 bits per heavy atom. The van der Waals surface area contributed by atoms with Crippen LogP contribution < -0.4 is 5.32 Å². The molecule has 0 saturated heterocycles. The van der Waals surface area contributed by atoms with Gasteiger partial charge in [-0.25, -0.2) is 0 Å². The molecule has 1 N–H and O–H groups in total. The van der Waals surface area contributed by atoms with Crippen molar-refractivity contribution in [2.75, 3.05) is 6.54 Å². The smallest absolute Gasteiger partial charge is 0.224 e. The normalized spacial score (nSPS) is 26.9. The van der Waals surface area contributed by atoms with Gasteiger partial charge in [-0.1, -0.05) is 55.8 Å². The van der Waals surface area contributed by atoms with E-state index in [-0.39, 0.29) is 22.7 Å². The van der Waals surface area contributed by atoms with Gasteiger partial charge in [-0.2, -0.15) is 0 Å². The van der Waals surface area contributed by atoms with Crippen molar-refractivity contribution in [3.05, 3.63) is 47.5 Å². The van der Waals surface area contributed by atoms with Gasteiger partial charge in [-0.3, -0.25) is 4.79 Å². The number of hydrogen-bond acceptors (Lipinski definition) is 1. The first-order chi connectivity index (χ1) is 10.4. The van der Waals surface area contributed by atoms with Gasteiger partial charge in [0.25, 0.3) is 0 Å². The minimum atomic E-state index is 0.102. The summed E-state index contributed by atoms with van der Waals surface area (Å²) in [4.78, 5) is 12.6. The Morgan fingerprint density at radius 2 is 1.86 bits per heavy atom. The van der Waals surface area contributed by atoms with Crippen LogP contribution in [0.15, 0.2) is 42.0 Å². The molecule has 1 amide bonds. The largest absolute Gasteiger partial charge is 0.355 e. The Morgan fingerprint density at radius 1 is 1.23 bits per heavy atom. The Balaban J connectivity index is 1.61. The second-order valence-corrected chi connectivity index (χ2v) is 7.93. The molecule has 0 spiro atoms. The molecule has 0 aliphatic heterocycles. The highest BCUT2D eigenvalue weighted by Gasteiger charge is 2.60. The predicted molar refractivity (Wildman–Crippen MR) is 90.6 cm³/mol. The topological polar surface area (TPSA) is 29.1 Å². The van der Waals surface area contributed by atoms with Crippen LogP contribution in [-0.4, -0.2) is 12.5 Å². The van der Waals surface area contributed by atoms with Crippen molar-refractivity contribution in [1.29, 1.82) is 0 Å². The van der Waals surface area contributed by atoms with Crippen molar-refractivity contribution in [3.63, 3.8) is 0 Å². The van der Waals surface area contributed by atoms with Crippen molar-refractivity contribution >= 4 is 5.91 Å². The summed E-state index contributed by atoms with van der Waals surface area (Å²) >= 11 is 0. The summed E-state index contributed by atoms with van der Waals surface area (Å²) in [5, 5.41) is 3.24. The van der Waals surface area contributed by atoms with E-state index in [0.29, 0.717) is 5.92 Å². The number of rotatable bonds is 5. The van der Waals surface area contributed by atoms with E-state index in [1.54, 1.807) is 0 Å². The van der Waals surface area contributed by atoms with Crippen LogP contribution in [0.1, 0.15) is 46.1 Å². The van der Waals surface area contributed by atoms with Gasteiger partial charge in [0.2, 0.25) is 5.91 Å². The first-order valence-electron chi connectivity index (χ1n) is 8.35. The molecule has 2 aliphatic rings. The lowest BCUT2D eigenvalue weighted by atomic mass is 9.96. The second-order valence-electron chi connectivity index (χ2n) is 7.93. The van der Waals surface area contributed by atoms with Crippen molar-refractivity contribution in [2.24, 2.45) is 17.3 Å². The lowest BCUT2D eigenvalue weighted by molar-refractivity contribution is -0.123. The number of nitrogens with one attached hydrogen (secondary N) is 1. The highest BCUT2D eigenvalue weighted by molar-refractivity contribution is 5.83. The number of amides is 1. The van der Waals surface area contributed by atoms with Gasteiger partial charge >= 0.3 is 0 Å². The van der Waals surface area contributed by atoms with Crippen molar-refractivity contribution in [2.45, 2.75) is 46.0 Å². The summed E-state index contributed by atoms with van der Waals surface area (Å²) in [7, 11) is 0. The van der Waals surface area contributed by atoms with Crippen LogP contribution in [0.3, 0.4) is 0 Å². The zero-order valence-corrected chi connectivity index (χ0v) is 14.1. The van der Waals surface area contributed by atoms with Gasteiger partial charge < -0.3 is 5.32 Å². The Bertz CT molecular complexity index is 591. The zero-order chi connectivity index (χ0) is 16.0. The third kappa shape index (κ3) is 2.71. The van der Waals surface area contributed by atoms with Crippen LogP contribution in [0, 0.1) is 17.3 Å². The molecule has 0 heterocycles. The molecule has 0 aromatic heterocycles. The Kier molecular flexibility index (Phi) is 3.66. The number of carbonyl (C=O) groups is 1. The maximum atomic E-state index is 12.6. The lowest BCUT2D eigenvalue weighted by Crippen LogP contribution is -2.34. The molecular formula is C20H27NO. The maximum absolute atomic E-state index is 12.6.